The molecule has 0 aromatic carbocycles. The monoisotopic (exact) mass is 339 g/mol. The SMILES string of the molecule is C[C@H]1CCC2=C1C=C(C(=O)Nc1ncc(F)cn1)C1=NCCC=CN12. The Morgan fingerprint density at radius 3 is 2.96 bits per heavy atom. The molecule has 1 atom stereocenters. The van der Waals surface area contributed by atoms with Crippen LogP contribution in [0.15, 0.2) is 52.6 Å². The van der Waals surface area contributed by atoms with Crippen LogP contribution in [0.3, 0.4) is 0 Å². The van der Waals surface area contributed by atoms with E-state index in [1.54, 1.807) is 0 Å². The number of carbonyl (C=O) groups is 1. The topological polar surface area (TPSA) is 70.5 Å². The van der Waals surface area contributed by atoms with Gasteiger partial charge in [0.25, 0.3) is 5.91 Å². The normalized spacial score (nSPS) is 22.0. The molecule has 128 valence electrons. The zero-order chi connectivity index (χ0) is 17.4. The molecule has 1 aliphatic carbocycles. The van der Waals surface area contributed by atoms with E-state index in [2.05, 4.69) is 33.3 Å². The molecule has 3 aliphatic rings. The van der Waals surface area contributed by atoms with Gasteiger partial charge in [0, 0.05) is 18.4 Å². The molecule has 4 rings (SSSR count). The predicted octanol–water partition coefficient (Wildman–Crippen LogP) is 2.80. The maximum atomic E-state index is 12.9. The van der Waals surface area contributed by atoms with Gasteiger partial charge in [-0.3, -0.25) is 15.1 Å². The number of anilines is 1. The standard InChI is InChI=1S/C18H18FN5O/c1-11-4-5-15-13(11)8-14(16-20-6-2-3-7-24(15)16)17(25)23-18-21-9-12(19)10-22-18/h3,7-11H,2,4-6H2,1H3,(H,21,22,23,25)/t11-/m0/s1. The number of halogens is 1. The number of amidine groups is 1. The van der Waals surface area contributed by atoms with Gasteiger partial charge >= 0.3 is 0 Å². The van der Waals surface area contributed by atoms with E-state index in [1.165, 1.54) is 11.3 Å². The summed E-state index contributed by atoms with van der Waals surface area (Å²) in [4.78, 5) is 27.0. The number of rotatable bonds is 2. The first-order chi connectivity index (χ1) is 12.1. The fourth-order valence-electron chi connectivity index (χ4n) is 3.36. The van der Waals surface area contributed by atoms with Crippen molar-refractivity contribution in [3.63, 3.8) is 0 Å². The maximum Gasteiger partial charge on any atom is 0.261 e. The minimum atomic E-state index is -0.547. The number of carbonyl (C=O) groups excluding carboxylic acids is 1. The van der Waals surface area contributed by atoms with Crippen LogP contribution in [0, 0.1) is 11.7 Å². The third-order valence-corrected chi connectivity index (χ3v) is 4.64. The Balaban J connectivity index is 1.70. The largest absolute Gasteiger partial charge is 0.305 e. The van der Waals surface area contributed by atoms with Crippen molar-refractivity contribution >= 4 is 17.7 Å². The summed E-state index contributed by atoms with van der Waals surface area (Å²) in [5, 5.41) is 2.64. The average Bonchev–Trinajstić information content (AvgIpc) is 2.83. The molecule has 1 N–H and O–H groups in total. The Morgan fingerprint density at radius 1 is 1.36 bits per heavy atom. The zero-order valence-corrected chi connectivity index (χ0v) is 13.9. The summed E-state index contributed by atoms with van der Waals surface area (Å²) in [5.41, 5.74) is 2.89. The molecule has 0 unspecified atom stereocenters. The highest BCUT2D eigenvalue weighted by atomic mass is 19.1. The molecule has 3 heterocycles. The molecule has 0 fully saturated rings. The lowest BCUT2D eigenvalue weighted by Crippen LogP contribution is -2.35. The number of fused-ring (bicyclic) bond motifs is 2. The van der Waals surface area contributed by atoms with Gasteiger partial charge in [-0.15, -0.1) is 0 Å². The number of aromatic nitrogens is 2. The first-order valence-electron chi connectivity index (χ1n) is 8.38. The molecule has 0 saturated heterocycles. The van der Waals surface area contributed by atoms with Crippen LogP contribution < -0.4 is 5.32 Å². The number of hydrogen-bond donors (Lipinski definition) is 1. The summed E-state index contributed by atoms with van der Waals surface area (Å²) in [5.74, 6) is 0.243. The highest BCUT2D eigenvalue weighted by molar-refractivity contribution is 6.25. The number of allylic oxidation sites excluding steroid dienone is 3. The highest BCUT2D eigenvalue weighted by Gasteiger charge is 2.34. The molecule has 1 amide bonds. The van der Waals surface area contributed by atoms with Crippen LogP contribution in [-0.4, -0.2) is 33.2 Å². The van der Waals surface area contributed by atoms with Crippen LogP contribution in [0.25, 0.3) is 0 Å². The predicted molar refractivity (Wildman–Crippen MR) is 92.0 cm³/mol. The molecule has 1 aromatic heterocycles. The van der Waals surface area contributed by atoms with Crippen molar-refractivity contribution in [2.45, 2.75) is 26.2 Å². The van der Waals surface area contributed by atoms with Crippen molar-refractivity contribution in [3.05, 3.63) is 53.4 Å². The van der Waals surface area contributed by atoms with E-state index in [-0.39, 0.29) is 11.9 Å². The lowest BCUT2D eigenvalue weighted by Gasteiger charge is -2.29. The number of aliphatic imine (C=N–C) groups is 1. The van der Waals surface area contributed by atoms with Gasteiger partial charge < -0.3 is 4.90 Å². The van der Waals surface area contributed by atoms with E-state index < -0.39 is 5.82 Å². The minimum absolute atomic E-state index is 0.0721. The molecule has 0 spiro atoms. The van der Waals surface area contributed by atoms with Gasteiger partial charge in [-0.2, -0.15) is 0 Å². The van der Waals surface area contributed by atoms with E-state index in [1.807, 2.05) is 17.2 Å². The van der Waals surface area contributed by atoms with Crippen molar-refractivity contribution in [2.75, 3.05) is 11.9 Å². The second-order valence-electron chi connectivity index (χ2n) is 6.33. The zero-order valence-electron chi connectivity index (χ0n) is 13.9. The van der Waals surface area contributed by atoms with Gasteiger partial charge in [-0.1, -0.05) is 13.0 Å². The lowest BCUT2D eigenvalue weighted by atomic mass is 9.97. The second-order valence-corrected chi connectivity index (χ2v) is 6.33. The van der Waals surface area contributed by atoms with Gasteiger partial charge in [0.05, 0.1) is 18.0 Å². The minimum Gasteiger partial charge on any atom is -0.305 e. The Bertz CT molecular complexity index is 838. The molecule has 6 nitrogen and oxygen atoms in total. The van der Waals surface area contributed by atoms with Gasteiger partial charge in [0.15, 0.2) is 5.82 Å². The van der Waals surface area contributed by atoms with Crippen LogP contribution in [0.5, 0.6) is 0 Å². The third-order valence-electron chi connectivity index (χ3n) is 4.64. The fraction of sp³-hybridized carbons (Fsp3) is 0.333. The van der Waals surface area contributed by atoms with E-state index in [0.29, 0.717) is 23.9 Å². The first-order valence-corrected chi connectivity index (χ1v) is 8.38. The number of nitrogens with zero attached hydrogens (tertiary/aromatic N) is 4. The number of hydrogen-bond acceptors (Lipinski definition) is 5. The van der Waals surface area contributed by atoms with Crippen LogP contribution in [0.4, 0.5) is 10.3 Å². The average molecular weight is 339 g/mol. The Kier molecular flexibility index (Phi) is 3.91. The van der Waals surface area contributed by atoms with Crippen LogP contribution >= 0.6 is 0 Å². The van der Waals surface area contributed by atoms with Gasteiger partial charge in [-0.25, -0.2) is 14.4 Å². The molecule has 25 heavy (non-hydrogen) atoms. The number of nitrogens with one attached hydrogen (secondary N) is 1. The van der Waals surface area contributed by atoms with Crippen molar-refractivity contribution < 1.29 is 9.18 Å². The van der Waals surface area contributed by atoms with Crippen molar-refractivity contribution in [3.8, 4) is 0 Å². The maximum absolute atomic E-state index is 12.9. The number of amides is 1. The molecular weight excluding hydrogens is 321 g/mol. The summed E-state index contributed by atoms with van der Waals surface area (Å²) in [6, 6.07) is 0. The van der Waals surface area contributed by atoms with Gasteiger partial charge in [0.1, 0.15) is 5.84 Å². The molecule has 0 bridgehead atoms. The first kappa shape index (κ1) is 15.7. The Hall–Kier alpha value is -2.83. The van der Waals surface area contributed by atoms with E-state index in [9.17, 15) is 9.18 Å². The summed E-state index contributed by atoms with van der Waals surface area (Å²) >= 11 is 0. The fourth-order valence-corrected chi connectivity index (χ4v) is 3.36. The Labute approximate surface area is 144 Å². The molecule has 7 heteroatoms. The molecule has 0 saturated carbocycles. The van der Waals surface area contributed by atoms with Gasteiger partial charge in [-0.05, 0) is 36.8 Å². The van der Waals surface area contributed by atoms with E-state index in [4.69, 9.17) is 0 Å². The quantitative estimate of drug-likeness (QED) is 0.899. The van der Waals surface area contributed by atoms with Crippen molar-refractivity contribution in [2.24, 2.45) is 10.9 Å². The van der Waals surface area contributed by atoms with Crippen LogP contribution in [0.1, 0.15) is 26.2 Å². The van der Waals surface area contributed by atoms with Crippen molar-refractivity contribution in [1.29, 1.82) is 0 Å². The lowest BCUT2D eigenvalue weighted by molar-refractivity contribution is -0.112. The molecule has 2 aliphatic heterocycles. The second kappa shape index (κ2) is 6.23. The van der Waals surface area contributed by atoms with E-state index >= 15 is 0 Å². The smallest absolute Gasteiger partial charge is 0.261 e. The van der Waals surface area contributed by atoms with Crippen LogP contribution in [-0.2, 0) is 4.79 Å². The highest BCUT2D eigenvalue weighted by Crippen LogP contribution is 2.39. The van der Waals surface area contributed by atoms with Crippen LogP contribution in [0.2, 0.25) is 0 Å². The van der Waals surface area contributed by atoms with Gasteiger partial charge in [0.2, 0.25) is 5.95 Å². The third kappa shape index (κ3) is 2.86. The van der Waals surface area contributed by atoms with Crippen molar-refractivity contribution in [1.82, 2.24) is 14.9 Å². The summed E-state index contributed by atoms with van der Waals surface area (Å²) in [7, 11) is 0. The van der Waals surface area contributed by atoms with E-state index in [0.717, 1.165) is 31.7 Å². The molecule has 1 aromatic rings. The Morgan fingerprint density at radius 2 is 2.16 bits per heavy atom. The summed E-state index contributed by atoms with van der Waals surface area (Å²) in [6.45, 7) is 2.80. The molecular formula is C18H18FN5O. The summed E-state index contributed by atoms with van der Waals surface area (Å²) < 4.78 is 12.9. The molecule has 0 radical (unpaired) electrons. The summed E-state index contributed by atoms with van der Waals surface area (Å²) in [6.07, 6.45) is 10.9.